The molecule has 0 aromatic carbocycles. The van der Waals surface area contributed by atoms with Gasteiger partial charge in [-0.05, 0) is 17.7 Å². The molecule has 0 amide bonds. The van der Waals surface area contributed by atoms with Crippen molar-refractivity contribution in [2.75, 3.05) is 36.0 Å². The SMILES string of the molecule is NCc1ccnc(N2CCN(c3ncccn3)CC2)c1Cl. The summed E-state index contributed by atoms with van der Waals surface area (Å²) >= 11 is 6.37. The molecule has 21 heavy (non-hydrogen) atoms. The summed E-state index contributed by atoms with van der Waals surface area (Å²) in [6.07, 6.45) is 5.28. The van der Waals surface area contributed by atoms with E-state index in [4.69, 9.17) is 17.3 Å². The highest BCUT2D eigenvalue weighted by molar-refractivity contribution is 6.33. The normalized spacial score (nSPS) is 15.3. The van der Waals surface area contributed by atoms with Crippen LogP contribution in [-0.2, 0) is 6.54 Å². The summed E-state index contributed by atoms with van der Waals surface area (Å²) in [5.41, 5.74) is 6.62. The summed E-state index contributed by atoms with van der Waals surface area (Å²) in [6.45, 7) is 3.77. The number of hydrogen-bond acceptors (Lipinski definition) is 6. The van der Waals surface area contributed by atoms with Gasteiger partial charge < -0.3 is 15.5 Å². The Bertz CT molecular complexity index is 598. The fourth-order valence-corrected chi connectivity index (χ4v) is 2.73. The molecule has 2 N–H and O–H groups in total. The predicted octanol–water partition coefficient (Wildman–Crippen LogP) is 1.31. The van der Waals surface area contributed by atoms with Gasteiger partial charge in [0.05, 0.1) is 5.02 Å². The standard InChI is InChI=1S/C14H17ClN6/c15-12-11(10-16)2-5-17-13(12)20-6-8-21(9-7-20)14-18-3-1-4-19-14/h1-5H,6-10,16H2. The lowest BCUT2D eigenvalue weighted by Gasteiger charge is -2.35. The van der Waals surface area contributed by atoms with Crippen LogP contribution in [0.2, 0.25) is 5.02 Å². The largest absolute Gasteiger partial charge is 0.352 e. The Morgan fingerprint density at radius 1 is 1.00 bits per heavy atom. The lowest BCUT2D eigenvalue weighted by Crippen LogP contribution is -2.47. The van der Waals surface area contributed by atoms with E-state index in [0.29, 0.717) is 11.6 Å². The van der Waals surface area contributed by atoms with Gasteiger partial charge in [0.2, 0.25) is 5.95 Å². The molecule has 0 radical (unpaired) electrons. The number of hydrogen-bond donors (Lipinski definition) is 1. The molecule has 1 aliphatic heterocycles. The zero-order chi connectivity index (χ0) is 14.7. The topological polar surface area (TPSA) is 71.2 Å². The highest BCUT2D eigenvalue weighted by atomic mass is 35.5. The van der Waals surface area contributed by atoms with E-state index in [1.54, 1.807) is 18.6 Å². The van der Waals surface area contributed by atoms with Crippen molar-refractivity contribution in [1.29, 1.82) is 0 Å². The number of aromatic nitrogens is 3. The number of piperazine rings is 1. The van der Waals surface area contributed by atoms with Gasteiger partial charge in [-0.2, -0.15) is 0 Å². The van der Waals surface area contributed by atoms with Gasteiger partial charge >= 0.3 is 0 Å². The molecule has 0 aliphatic carbocycles. The first-order valence-electron chi connectivity index (χ1n) is 6.90. The molecule has 7 heteroatoms. The quantitative estimate of drug-likeness (QED) is 0.922. The Morgan fingerprint density at radius 2 is 1.67 bits per heavy atom. The summed E-state index contributed by atoms with van der Waals surface area (Å²) in [4.78, 5) is 17.3. The minimum absolute atomic E-state index is 0.423. The second-order valence-electron chi connectivity index (χ2n) is 4.83. The van der Waals surface area contributed by atoms with Crippen LogP contribution in [0, 0.1) is 0 Å². The maximum absolute atomic E-state index is 6.37. The molecule has 0 bridgehead atoms. The van der Waals surface area contributed by atoms with E-state index < -0.39 is 0 Å². The van der Waals surface area contributed by atoms with E-state index in [-0.39, 0.29) is 0 Å². The third-order valence-electron chi connectivity index (χ3n) is 3.58. The van der Waals surface area contributed by atoms with Gasteiger partial charge in [0.25, 0.3) is 0 Å². The van der Waals surface area contributed by atoms with Crippen molar-refractivity contribution in [2.24, 2.45) is 5.73 Å². The summed E-state index contributed by atoms with van der Waals surface area (Å²) < 4.78 is 0. The lowest BCUT2D eigenvalue weighted by atomic mass is 10.2. The maximum Gasteiger partial charge on any atom is 0.225 e. The van der Waals surface area contributed by atoms with Gasteiger partial charge in [-0.3, -0.25) is 0 Å². The molecule has 0 saturated carbocycles. The van der Waals surface area contributed by atoms with Gasteiger partial charge in [-0.15, -0.1) is 0 Å². The molecule has 3 rings (SSSR count). The van der Waals surface area contributed by atoms with Crippen LogP contribution in [0.1, 0.15) is 5.56 Å². The zero-order valence-electron chi connectivity index (χ0n) is 11.6. The molecule has 0 unspecified atom stereocenters. The highest BCUT2D eigenvalue weighted by Gasteiger charge is 2.22. The van der Waals surface area contributed by atoms with Crippen molar-refractivity contribution < 1.29 is 0 Å². The number of anilines is 2. The third kappa shape index (κ3) is 2.91. The molecule has 0 spiro atoms. The van der Waals surface area contributed by atoms with Crippen LogP contribution < -0.4 is 15.5 Å². The van der Waals surface area contributed by atoms with Crippen LogP contribution in [0.15, 0.2) is 30.7 Å². The van der Waals surface area contributed by atoms with E-state index in [2.05, 4.69) is 24.8 Å². The smallest absolute Gasteiger partial charge is 0.225 e. The molecule has 2 aromatic heterocycles. The van der Waals surface area contributed by atoms with Crippen LogP contribution in [-0.4, -0.2) is 41.1 Å². The number of pyridine rings is 1. The predicted molar refractivity (Wildman–Crippen MR) is 83.6 cm³/mol. The molecule has 0 atom stereocenters. The first-order valence-corrected chi connectivity index (χ1v) is 7.27. The first kappa shape index (κ1) is 14.0. The van der Waals surface area contributed by atoms with Crippen LogP contribution in [0.4, 0.5) is 11.8 Å². The van der Waals surface area contributed by atoms with Crippen molar-refractivity contribution in [1.82, 2.24) is 15.0 Å². The molecular formula is C14H17ClN6. The minimum Gasteiger partial charge on any atom is -0.352 e. The first-order chi connectivity index (χ1) is 10.3. The maximum atomic E-state index is 6.37. The zero-order valence-corrected chi connectivity index (χ0v) is 12.4. The summed E-state index contributed by atoms with van der Waals surface area (Å²) in [5, 5.41) is 0.657. The summed E-state index contributed by atoms with van der Waals surface area (Å²) in [6, 6.07) is 3.68. The Labute approximate surface area is 128 Å². The summed E-state index contributed by atoms with van der Waals surface area (Å²) in [5.74, 6) is 1.58. The molecular weight excluding hydrogens is 288 g/mol. The Kier molecular flexibility index (Phi) is 4.17. The Hall–Kier alpha value is -1.92. The van der Waals surface area contributed by atoms with E-state index >= 15 is 0 Å². The average Bonchev–Trinajstić information content (AvgIpc) is 2.56. The van der Waals surface area contributed by atoms with E-state index in [0.717, 1.165) is 43.5 Å². The molecule has 6 nitrogen and oxygen atoms in total. The van der Waals surface area contributed by atoms with E-state index in [1.165, 1.54) is 0 Å². The Balaban J connectivity index is 1.72. The molecule has 1 saturated heterocycles. The number of nitrogens with two attached hydrogens (primary N) is 1. The van der Waals surface area contributed by atoms with Crippen molar-refractivity contribution in [3.05, 3.63) is 41.3 Å². The number of nitrogens with zero attached hydrogens (tertiary/aromatic N) is 5. The number of halogens is 1. The average molecular weight is 305 g/mol. The van der Waals surface area contributed by atoms with E-state index in [9.17, 15) is 0 Å². The fraction of sp³-hybridized carbons (Fsp3) is 0.357. The number of rotatable bonds is 3. The van der Waals surface area contributed by atoms with Gasteiger partial charge in [-0.1, -0.05) is 11.6 Å². The highest BCUT2D eigenvalue weighted by Crippen LogP contribution is 2.27. The van der Waals surface area contributed by atoms with Gasteiger partial charge in [-0.25, -0.2) is 15.0 Å². The van der Waals surface area contributed by atoms with Crippen LogP contribution in [0.25, 0.3) is 0 Å². The van der Waals surface area contributed by atoms with Crippen molar-refractivity contribution in [3.8, 4) is 0 Å². The molecule has 110 valence electrons. The molecule has 1 fully saturated rings. The van der Waals surface area contributed by atoms with Crippen molar-refractivity contribution in [3.63, 3.8) is 0 Å². The third-order valence-corrected chi connectivity index (χ3v) is 4.00. The van der Waals surface area contributed by atoms with E-state index in [1.807, 2.05) is 12.1 Å². The second kappa shape index (κ2) is 6.24. The van der Waals surface area contributed by atoms with Crippen LogP contribution in [0.3, 0.4) is 0 Å². The van der Waals surface area contributed by atoms with Gasteiger partial charge in [0, 0.05) is 51.3 Å². The van der Waals surface area contributed by atoms with Gasteiger partial charge in [0.1, 0.15) is 5.82 Å². The van der Waals surface area contributed by atoms with Crippen LogP contribution in [0.5, 0.6) is 0 Å². The lowest BCUT2D eigenvalue weighted by molar-refractivity contribution is 0.634. The van der Waals surface area contributed by atoms with Crippen molar-refractivity contribution >= 4 is 23.4 Å². The second-order valence-corrected chi connectivity index (χ2v) is 5.21. The molecule has 2 aromatic rings. The molecule has 3 heterocycles. The molecule has 1 aliphatic rings. The minimum atomic E-state index is 0.423. The van der Waals surface area contributed by atoms with Gasteiger partial charge in [0.15, 0.2) is 0 Å². The summed E-state index contributed by atoms with van der Waals surface area (Å²) in [7, 11) is 0. The fourth-order valence-electron chi connectivity index (χ4n) is 2.42. The monoisotopic (exact) mass is 304 g/mol. The van der Waals surface area contributed by atoms with Crippen LogP contribution >= 0.6 is 11.6 Å². The van der Waals surface area contributed by atoms with Crippen molar-refractivity contribution in [2.45, 2.75) is 6.54 Å². The Morgan fingerprint density at radius 3 is 2.33 bits per heavy atom.